The van der Waals surface area contributed by atoms with Gasteiger partial charge in [0.2, 0.25) is 10.0 Å². The molecule has 3 rings (SSSR count). The molecule has 1 fully saturated rings. The normalized spacial score (nSPS) is 16.4. The predicted octanol–water partition coefficient (Wildman–Crippen LogP) is 4.29. The molecule has 1 N–H and O–H groups in total. The Labute approximate surface area is 164 Å². The molecular formula is C21H24FNO4S. The van der Waals surface area contributed by atoms with Crippen LogP contribution in [0, 0.1) is 5.82 Å². The van der Waals surface area contributed by atoms with Crippen LogP contribution in [0.15, 0.2) is 53.4 Å². The van der Waals surface area contributed by atoms with Crippen LogP contribution in [0.3, 0.4) is 0 Å². The van der Waals surface area contributed by atoms with Crippen molar-refractivity contribution in [3.63, 3.8) is 0 Å². The van der Waals surface area contributed by atoms with E-state index in [0.29, 0.717) is 0 Å². The summed E-state index contributed by atoms with van der Waals surface area (Å²) in [5.41, 5.74) is 1.00. The van der Waals surface area contributed by atoms with E-state index in [1.807, 2.05) is 6.92 Å². The minimum Gasteiger partial charge on any atom is -0.481 e. The minimum absolute atomic E-state index is 0.0477. The van der Waals surface area contributed by atoms with Crippen molar-refractivity contribution in [1.29, 1.82) is 0 Å². The third-order valence-corrected chi connectivity index (χ3v) is 7.50. The van der Waals surface area contributed by atoms with Crippen LogP contribution in [0.2, 0.25) is 0 Å². The maximum Gasteiger partial charge on any atom is 0.304 e. The van der Waals surface area contributed by atoms with Gasteiger partial charge in [0, 0.05) is 12.1 Å². The van der Waals surface area contributed by atoms with Crippen molar-refractivity contribution in [1.82, 2.24) is 4.31 Å². The fourth-order valence-corrected chi connectivity index (χ4v) is 5.68. The zero-order chi connectivity index (χ0) is 20.4. The van der Waals surface area contributed by atoms with Gasteiger partial charge in [0.1, 0.15) is 5.82 Å². The largest absolute Gasteiger partial charge is 0.481 e. The molecule has 0 amide bonds. The number of aliphatic carboxylic acids is 1. The molecule has 0 aromatic heterocycles. The first-order valence-corrected chi connectivity index (χ1v) is 10.8. The summed E-state index contributed by atoms with van der Waals surface area (Å²) >= 11 is 0. The highest BCUT2D eigenvalue weighted by Gasteiger charge is 2.42. The molecule has 0 spiro atoms. The lowest BCUT2D eigenvalue weighted by molar-refractivity contribution is -0.137. The van der Waals surface area contributed by atoms with Crippen molar-refractivity contribution in [3.05, 3.63) is 54.3 Å². The molecule has 7 heteroatoms. The summed E-state index contributed by atoms with van der Waals surface area (Å²) in [5.74, 6) is -1.35. The van der Waals surface area contributed by atoms with Gasteiger partial charge < -0.3 is 5.11 Å². The monoisotopic (exact) mass is 405 g/mol. The molecule has 0 unspecified atom stereocenters. The predicted molar refractivity (Wildman–Crippen MR) is 105 cm³/mol. The summed E-state index contributed by atoms with van der Waals surface area (Å²) in [6, 6.07) is 12.4. The van der Waals surface area contributed by atoms with E-state index in [4.69, 9.17) is 5.11 Å². The second kappa shape index (κ2) is 8.01. The van der Waals surface area contributed by atoms with Gasteiger partial charge in [-0.25, -0.2) is 12.8 Å². The fraction of sp³-hybridized carbons (Fsp3) is 0.381. The van der Waals surface area contributed by atoms with Crippen molar-refractivity contribution in [2.45, 2.75) is 49.5 Å². The van der Waals surface area contributed by atoms with Crippen LogP contribution in [-0.4, -0.2) is 35.9 Å². The Kier molecular flexibility index (Phi) is 5.86. The van der Waals surface area contributed by atoms with Gasteiger partial charge in [-0.05, 0) is 55.2 Å². The zero-order valence-electron chi connectivity index (χ0n) is 15.8. The number of carboxylic acids is 1. The Bertz CT molecular complexity index is 933. The maximum atomic E-state index is 13.3. The van der Waals surface area contributed by atoms with E-state index in [9.17, 15) is 17.6 Å². The van der Waals surface area contributed by atoms with E-state index < -0.39 is 21.5 Å². The number of hydrogen-bond acceptors (Lipinski definition) is 3. The smallest absolute Gasteiger partial charge is 0.304 e. The molecule has 2 aromatic carbocycles. The lowest BCUT2D eigenvalue weighted by atomic mass is 10.0. The first-order chi connectivity index (χ1) is 13.2. The van der Waals surface area contributed by atoms with Gasteiger partial charge in [-0.2, -0.15) is 4.31 Å². The van der Waals surface area contributed by atoms with E-state index in [1.54, 1.807) is 24.3 Å². The maximum absolute atomic E-state index is 13.3. The third kappa shape index (κ3) is 4.25. The molecular weight excluding hydrogens is 381 g/mol. The van der Waals surface area contributed by atoms with E-state index >= 15 is 0 Å². The molecule has 0 atom stereocenters. The molecule has 0 radical (unpaired) electrons. The minimum atomic E-state index is -3.83. The number of carboxylic acid groups (broad SMARTS) is 1. The first-order valence-electron chi connectivity index (χ1n) is 9.33. The van der Waals surface area contributed by atoms with Crippen LogP contribution < -0.4 is 0 Å². The standard InChI is InChI=1S/C21H24FNO4S/c1-21(13-2-3-14-21)23(15-12-20(24)25)28(26,27)19-10-6-17(7-11-19)16-4-8-18(22)9-5-16/h4-11H,2-3,12-15H2,1H3,(H,24,25). The van der Waals surface area contributed by atoms with Gasteiger partial charge in [0.25, 0.3) is 0 Å². The van der Waals surface area contributed by atoms with Crippen molar-refractivity contribution < 1.29 is 22.7 Å². The molecule has 0 aliphatic heterocycles. The number of hydrogen-bond donors (Lipinski definition) is 1. The molecule has 150 valence electrons. The molecule has 0 heterocycles. The lowest BCUT2D eigenvalue weighted by Gasteiger charge is -2.37. The second-order valence-electron chi connectivity index (χ2n) is 7.46. The molecule has 2 aromatic rings. The average molecular weight is 405 g/mol. The second-order valence-corrected chi connectivity index (χ2v) is 9.32. The molecule has 1 aliphatic carbocycles. The summed E-state index contributed by atoms with van der Waals surface area (Å²) in [6.45, 7) is 1.85. The first kappa shape index (κ1) is 20.5. The summed E-state index contributed by atoms with van der Waals surface area (Å²) in [5, 5.41) is 9.06. The SMILES string of the molecule is CC1(N(CCC(=O)O)S(=O)(=O)c2ccc(-c3ccc(F)cc3)cc2)CCCC1. The number of halogens is 1. The van der Waals surface area contributed by atoms with Crippen LogP contribution in [0.5, 0.6) is 0 Å². The number of benzene rings is 2. The number of nitrogens with zero attached hydrogens (tertiary/aromatic N) is 1. The van der Waals surface area contributed by atoms with Crippen LogP contribution in [-0.2, 0) is 14.8 Å². The van der Waals surface area contributed by atoms with Gasteiger partial charge >= 0.3 is 5.97 Å². The Morgan fingerprint density at radius 1 is 1.04 bits per heavy atom. The summed E-state index contributed by atoms with van der Waals surface area (Å²) in [6.07, 6.45) is 3.07. The molecule has 0 saturated heterocycles. The van der Waals surface area contributed by atoms with Crippen molar-refractivity contribution >= 4 is 16.0 Å². The van der Waals surface area contributed by atoms with Crippen LogP contribution in [0.1, 0.15) is 39.0 Å². The van der Waals surface area contributed by atoms with Gasteiger partial charge in [0.15, 0.2) is 0 Å². The van der Waals surface area contributed by atoms with E-state index in [0.717, 1.165) is 36.8 Å². The van der Waals surface area contributed by atoms with Crippen LogP contribution in [0.4, 0.5) is 4.39 Å². The number of carbonyl (C=O) groups is 1. The van der Waals surface area contributed by atoms with Crippen molar-refractivity contribution in [2.24, 2.45) is 0 Å². The Balaban J connectivity index is 1.91. The average Bonchev–Trinajstić information content (AvgIpc) is 3.09. The topological polar surface area (TPSA) is 74.7 Å². The van der Waals surface area contributed by atoms with E-state index in [1.165, 1.54) is 28.6 Å². The lowest BCUT2D eigenvalue weighted by Crippen LogP contribution is -2.48. The Morgan fingerprint density at radius 2 is 1.54 bits per heavy atom. The van der Waals surface area contributed by atoms with E-state index in [2.05, 4.69) is 0 Å². The summed E-state index contributed by atoms with van der Waals surface area (Å²) in [7, 11) is -3.83. The van der Waals surface area contributed by atoms with Gasteiger partial charge in [0.05, 0.1) is 11.3 Å². The molecule has 1 aliphatic rings. The molecule has 5 nitrogen and oxygen atoms in total. The molecule has 1 saturated carbocycles. The fourth-order valence-electron chi connectivity index (χ4n) is 3.85. The highest BCUT2D eigenvalue weighted by molar-refractivity contribution is 7.89. The highest BCUT2D eigenvalue weighted by Crippen LogP contribution is 2.38. The molecule has 0 bridgehead atoms. The zero-order valence-corrected chi connectivity index (χ0v) is 16.6. The van der Waals surface area contributed by atoms with Crippen LogP contribution >= 0.6 is 0 Å². The Morgan fingerprint density at radius 3 is 2.04 bits per heavy atom. The number of rotatable bonds is 7. The van der Waals surface area contributed by atoms with Crippen LogP contribution in [0.25, 0.3) is 11.1 Å². The summed E-state index contributed by atoms with van der Waals surface area (Å²) in [4.78, 5) is 11.2. The van der Waals surface area contributed by atoms with Crippen molar-refractivity contribution in [3.8, 4) is 11.1 Å². The number of sulfonamides is 1. The molecule has 28 heavy (non-hydrogen) atoms. The van der Waals surface area contributed by atoms with Gasteiger partial charge in [-0.3, -0.25) is 4.79 Å². The summed E-state index contributed by atoms with van der Waals surface area (Å²) < 4.78 is 41.1. The van der Waals surface area contributed by atoms with Gasteiger partial charge in [-0.15, -0.1) is 0 Å². The third-order valence-electron chi connectivity index (χ3n) is 5.43. The quantitative estimate of drug-likeness (QED) is 0.746. The Hall–Kier alpha value is -2.25. The van der Waals surface area contributed by atoms with E-state index in [-0.39, 0.29) is 23.7 Å². The highest BCUT2D eigenvalue weighted by atomic mass is 32.2. The van der Waals surface area contributed by atoms with Crippen molar-refractivity contribution in [2.75, 3.05) is 6.54 Å². The van der Waals surface area contributed by atoms with Gasteiger partial charge in [-0.1, -0.05) is 37.1 Å².